The van der Waals surface area contributed by atoms with Crippen molar-refractivity contribution in [2.75, 3.05) is 18.4 Å². The molecule has 2 amide bonds. The highest BCUT2D eigenvalue weighted by Crippen LogP contribution is 2.37. The molecule has 0 aliphatic heterocycles. The lowest BCUT2D eigenvalue weighted by Gasteiger charge is -2.21. The van der Waals surface area contributed by atoms with Gasteiger partial charge in [0.2, 0.25) is 0 Å². The summed E-state index contributed by atoms with van der Waals surface area (Å²) in [5.41, 5.74) is -0.954. The smallest absolute Gasteiger partial charge is 0.337 e. The Labute approximate surface area is 249 Å². The number of nitrogens with one attached hydrogen (secondary N) is 3. The molecule has 0 saturated heterocycles. The van der Waals surface area contributed by atoms with Crippen LogP contribution in [0.4, 0.5) is 36.8 Å². The number of alkyl halides is 6. The highest BCUT2D eigenvalue weighted by Gasteiger charge is 2.37. The third-order valence-corrected chi connectivity index (χ3v) is 8.01. The van der Waals surface area contributed by atoms with Crippen molar-refractivity contribution in [3.8, 4) is 11.1 Å². The fourth-order valence-corrected chi connectivity index (χ4v) is 5.32. The lowest BCUT2D eigenvalue weighted by Crippen LogP contribution is -2.34. The molecule has 1 saturated carbocycles. The number of amides is 2. The van der Waals surface area contributed by atoms with Crippen molar-refractivity contribution in [3.63, 3.8) is 0 Å². The Morgan fingerprint density at radius 2 is 1.40 bits per heavy atom. The van der Waals surface area contributed by atoms with Gasteiger partial charge < -0.3 is 16.0 Å². The molecule has 3 N–H and O–H groups in total. The van der Waals surface area contributed by atoms with Crippen molar-refractivity contribution in [2.45, 2.75) is 56.4 Å². The maximum atomic E-state index is 13.2. The van der Waals surface area contributed by atoms with Crippen LogP contribution in [0.15, 0.2) is 60.7 Å². The maximum absolute atomic E-state index is 13.2. The zero-order valence-corrected chi connectivity index (χ0v) is 23.8. The SMILES string of the molecule is O=C(NCC(CCNC1CCCC1)c1ccc(-c2ccc(Cl)c(Cl)c2)cc1)Nc1cc(C(F)(F)F)cc(C(F)(F)F)c1. The van der Waals surface area contributed by atoms with E-state index in [0.29, 0.717) is 41.2 Å². The number of urea groups is 1. The third kappa shape index (κ3) is 8.78. The average Bonchev–Trinajstić information content (AvgIpc) is 3.45. The molecule has 0 heterocycles. The van der Waals surface area contributed by atoms with Crippen LogP contribution in [0, 0.1) is 0 Å². The highest BCUT2D eigenvalue weighted by atomic mass is 35.5. The van der Waals surface area contributed by atoms with Crippen LogP contribution < -0.4 is 16.0 Å². The van der Waals surface area contributed by atoms with Gasteiger partial charge in [-0.2, -0.15) is 26.3 Å². The fraction of sp³-hybridized carbons (Fsp3) is 0.367. The minimum absolute atomic E-state index is 0.0120. The Hall–Kier alpha value is -2.95. The molecule has 0 aromatic heterocycles. The monoisotopic (exact) mass is 631 g/mol. The lowest BCUT2D eigenvalue weighted by atomic mass is 9.93. The van der Waals surface area contributed by atoms with Gasteiger partial charge in [0.25, 0.3) is 0 Å². The topological polar surface area (TPSA) is 53.2 Å². The average molecular weight is 632 g/mol. The van der Waals surface area contributed by atoms with E-state index in [1.54, 1.807) is 12.1 Å². The molecule has 12 heteroatoms. The zero-order valence-electron chi connectivity index (χ0n) is 22.3. The van der Waals surface area contributed by atoms with E-state index in [-0.39, 0.29) is 18.5 Å². The molecule has 0 spiro atoms. The number of anilines is 1. The molecule has 3 aromatic rings. The quantitative estimate of drug-likeness (QED) is 0.206. The van der Waals surface area contributed by atoms with Crippen molar-refractivity contribution in [1.82, 2.24) is 10.6 Å². The summed E-state index contributed by atoms with van der Waals surface area (Å²) in [7, 11) is 0. The predicted octanol–water partition coefficient (Wildman–Crippen LogP) is 9.53. The van der Waals surface area contributed by atoms with Crippen molar-refractivity contribution in [3.05, 3.63) is 87.4 Å². The highest BCUT2D eigenvalue weighted by molar-refractivity contribution is 6.42. The van der Waals surface area contributed by atoms with Crippen LogP contribution in [0.25, 0.3) is 11.1 Å². The van der Waals surface area contributed by atoms with Crippen LogP contribution in [-0.2, 0) is 12.4 Å². The first-order chi connectivity index (χ1) is 19.8. The maximum Gasteiger partial charge on any atom is 0.416 e. The van der Waals surface area contributed by atoms with Gasteiger partial charge in [0.15, 0.2) is 0 Å². The van der Waals surface area contributed by atoms with Crippen LogP contribution in [0.1, 0.15) is 54.7 Å². The molecule has 1 fully saturated rings. The van der Waals surface area contributed by atoms with E-state index in [1.807, 2.05) is 30.3 Å². The van der Waals surface area contributed by atoms with Crippen molar-refractivity contribution < 1.29 is 31.1 Å². The standard InChI is InChI=1S/C30H29Cl2F6N3O/c31-26-10-9-20(13-27(26)32)18-5-7-19(8-6-18)21(11-12-39-24-3-1-2-4-24)17-40-28(42)41-25-15-22(29(33,34)35)14-23(16-25)30(36,37)38/h5-10,13-16,21,24,39H,1-4,11-12,17H2,(H2,40,41,42). The largest absolute Gasteiger partial charge is 0.416 e. The Bertz CT molecular complexity index is 1340. The second-order valence-corrected chi connectivity index (χ2v) is 11.1. The summed E-state index contributed by atoms with van der Waals surface area (Å²) in [5, 5.41) is 9.13. The summed E-state index contributed by atoms with van der Waals surface area (Å²) in [4.78, 5) is 12.6. The first-order valence-electron chi connectivity index (χ1n) is 13.4. The Morgan fingerprint density at radius 3 is 1.98 bits per heavy atom. The van der Waals surface area contributed by atoms with Gasteiger partial charge in [0, 0.05) is 24.2 Å². The summed E-state index contributed by atoms with van der Waals surface area (Å²) in [5.74, 6) is -0.181. The van der Waals surface area contributed by atoms with E-state index in [9.17, 15) is 31.1 Å². The van der Waals surface area contributed by atoms with E-state index in [4.69, 9.17) is 23.2 Å². The van der Waals surface area contributed by atoms with Gasteiger partial charge in [-0.15, -0.1) is 0 Å². The molecule has 226 valence electrons. The number of rotatable bonds is 9. The molecule has 3 aromatic carbocycles. The molecule has 0 radical (unpaired) electrons. The van der Waals surface area contributed by atoms with Crippen LogP contribution in [0.5, 0.6) is 0 Å². The van der Waals surface area contributed by atoms with Crippen molar-refractivity contribution >= 4 is 34.9 Å². The second-order valence-electron chi connectivity index (χ2n) is 10.3. The van der Waals surface area contributed by atoms with Crippen LogP contribution >= 0.6 is 23.2 Å². The molecule has 1 aliphatic rings. The Balaban J connectivity index is 1.47. The number of hydrogen-bond acceptors (Lipinski definition) is 2. The molecule has 1 unspecified atom stereocenters. The molecule has 4 rings (SSSR count). The summed E-state index contributed by atoms with van der Waals surface area (Å²) in [6.45, 7) is 0.783. The lowest BCUT2D eigenvalue weighted by molar-refractivity contribution is -0.143. The van der Waals surface area contributed by atoms with Gasteiger partial charge in [0.05, 0.1) is 21.2 Å². The third-order valence-electron chi connectivity index (χ3n) is 7.27. The Morgan fingerprint density at radius 1 is 0.810 bits per heavy atom. The van der Waals surface area contributed by atoms with Crippen LogP contribution in [0.2, 0.25) is 10.0 Å². The fourth-order valence-electron chi connectivity index (χ4n) is 5.02. The molecular weight excluding hydrogens is 603 g/mol. The van der Waals surface area contributed by atoms with Crippen molar-refractivity contribution in [1.29, 1.82) is 0 Å². The van der Waals surface area contributed by atoms with E-state index >= 15 is 0 Å². The predicted molar refractivity (Wildman–Crippen MR) is 153 cm³/mol. The van der Waals surface area contributed by atoms with E-state index < -0.39 is 35.2 Å². The summed E-state index contributed by atoms with van der Waals surface area (Å²) >= 11 is 12.2. The number of benzene rings is 3. The normalized spacial score (nSPS) is 15.0. The summed E-state index contributed by atoms with van der Waals surface area (Å²) in [6, 6.07) is 13.4. The van der Waals surface area contributed by atoms with Gasteiger partial charge in [0.1, 0.15) is 0 Å². The van der Waals surface area contributed by atoms with Gasteiger partial charge in [-0.05, 0) is 72.8 Å². The molecule has 1 atom stereocenters. The summed E-state index contributed by atoms with van der Waals surface area (Å²) < 4.78 is 79.2. The molecule has 1 aliphatic carbocycles. The first kappa shape index (κ1) is 32.0. The number of hydrogen-bond donors (Lipinski definition) is 3. The molecule has 4 nitrogen and oxygen atoms in total. The van der Waals surface area contributed by atoms with Crippen molar-refractivity contribution in [2.24, 2.45) is 0 Å². The zero-order chi connectivity index (χ0) is 30.5. The van der Waals surface area contributed by atoms with Crippen LogP contribution in [-0.4, -0.2) is 25.2 Å². The van der Waals surface area contributed by atoms with Gasteiger partial charge in [-0.25, -0.2) is 4.79 Å². The molecule has 42 heavy (non-hydrogen) atoms. The Kier molecular flexibility index (Phi) is 10.3. The second kappa shape index (κ2) is 13.6. The number of halogens is 8. The molecule has 0 bridgehead atoms. The van der Waals surface area contributed by atoms with E-state index in [0.717, 1.165) is 29.5 Å². The van der Waals surface area contributed by atoms with Gasteiger partial charge in [-0.1, -0.05) is 66.4 Å². The van der Waals surface area contributed by atoms with E-state index in [1.165, 1.54) is 12.8 Å². The van der Waals surface area contributed by atoms with E-state index in [2.05, 4.69) is 16.0 Å². The number of carbonyl (C=O) groups excluding carboxylic acids is 1. The minimum Gasteiger partial charge on any atom is -0.337 e. The number of carbonyl (C=O) groups is 1. The summed E-state index contributed by atoms with van der Waals surface area (Å²) in [6.07, 6.45) is -4.86. The minimum atomic E-state index is -5.02. The molecular formula is C30H29Cl2F6N3O. The first-order valence-corrected chi connectivity index (χ1v) is 14.2. The van der Waals surface area contributed by atoms with Gasteiger partial charge >= 0.3 is 18.4 Å². The van der Waals surface area contributed by atoms with Crippen LogP contribution in [0.3, 0.4) is 0 Å². The van der Waals surface area contributed by atoms with Gasteiger partial charge in [-0.3, -0.25) is 0 Å².